The molecule has 0 unspecified atom stereocenters. The van der Waals surface area contributed by atoms with Gasteiger partial charge in [-0.05, 0) is 25.5 Å². The van der Waals surface area contributed by atoms with Crippen molar-refractivity contribution in [2.45, 2.75) is 19.9 Å². The summed E-state index contributed by atoms with van der Waals surface area (Å²) in [4.78, 5) is 21.5. The SMILES string of the molecule is CCn1nccc1C(=O)N(CCCN1CCOCC1)c1nc2c(F)cc(F)cc2s1.Cl. The molecule has 0 radical (unpaired) electrons. The third-order valence-corrected chi connectivity index (χ3v) is 6.10. The minimum absolute atomic E-state index is 0. The molecule has 31 heavy (non-hydrogen) atoms. The van der Waals surface area contributed by atoms with Crippen LogP contribution in [0, 0.1) is 11.6 Å². The van der Waals surface area contributed by atoms with Crippen LogP contribution in [0.1, 0.15) is 23.8 Å². The second-order valence-corrected chi connectivity index (χ2v) is 8.04. The van der Waals surface area contributed by atoms with Crippen LogP contribution in [-0.2, 0) is 11.3 Å². The summed E-state index contributed by atoms with van der Waals surface area (Å²) in [5.74, 6) is -1.65. The summed E-state index contributed by atoms with van der Waals surface area (Å²) in [6.07, 6.45) is 2.30. The molecule has 0 bridgehead atoms. The Labute approximate surface area is 189 Å². The van der Waals surface area contributed by atoms with Crippen LogP contribution in [0.2, 0.25) is 0 Å². The van der Waals surface area contributed by atoms with Gasteiger partial charge in [-0.25, -0.2) is 13.8 Å². The van der Waals surface area contributed by atoms with Gasteiger partial charge in [0.15, 0.2) is 10.9 Å². The van der Waals surface area contributed by atoms with Crippen molar-refractivity contribution in [1.82, 2.24) is 19.7 Å². The average Bonchev–Trinajstić information content (AvgIpc) is 3.38. The van der Waals surface area contributed by atoms with E-state index in [1.165, 1.54) is 6.07 Å². The Morgan fingerprint density at radius 3 is 2.81 bits per heavy atom. The first-order chi connectivity index (χ1) is 14.6. The molecule has 2 aromatic heterocycles. The quantitative estimate of drug-likeness (QED) is 0.527. The van der Waals surface area contributed by atoms with Crippen molar-refractivity contribution < 1.29 is 18.3 Å². The molecule has 0 spiro atoms. The van der Waals surface area contributed by atoms with Gasteiger partial charge in [0.25, 0.3) is 5.91 Å². The minimum Gasteiger partial charge on any atom is -0.379 e. The molecule has 4 rings (SSSR count). The molecule has 168 valence electrons. The number of hydrogen-bond donors (Lipinski definition) is 0. The second kappa shape index (κ2) is 10.4. The molecular formula is C20H24ClF2N5O2S. The predicted molar refractivity (Wildman–Crippen MR) is 118 cm³/mol. The van der Waals surface area contributed by atoms with Gasteiger partial charge < -0.3 is 4.74 Å². The van der Waals surface area contributed by atoms with E-state index in [4.69, 9.17) is 4.74 Å². The van der Waals surface area contributed by atoms with Gasteiger partial charge in [0.1, 0.15) is 17.0 Å². The highest BCUT2D eigenvalue weighted by molar-refractivity contribution is 7.22. The van der Waals surface area contributed by atoms with Crippen LogP contribution in [0.15, 0.2) is 24.4 Å². The van der Waals surface area contributed by atoms with Crippen LogP contribution in [0.5, 0.6) is 0 Å². The maximum atomic E-state index is 14.2. The number of benzene rings is 1. The fraction of sp³-hybridized carbons (Fsp3) is 0.450. The molecule has 0 atom stereocenters. The predicted octanol–water partition coefficient (Wildman–Crippen LogP) is 3.58. The number of nitrogens with zero attached hydrogens (tertiary/aromatic N) is 5. The maximum absolute atomic E-state index is 14.2. The number of fused-ring (bicyclic) bond motifs is 1. The lowest BCUT2D eigenvalue weighted by Crippen LogP contribution is -2.39. The number of aromatic nitrogens is 3. The third-order valence-electron chi connectivity index (χ3n) is 5.07. The van der Waals surface area contributed by atoms with Crippen LogP contribution >= 0.6 is 23.7 Å². The van der Waals surface area contributed by atoms with Crippen molar-refractivity contribution in [3.63, 3.8) is 0 Å². The number of carbonyl (C=O) groups excluding carboxylic acids is 1. The number of anilines is 1. The molecule has 3 aromatic rings. The summed E-state index contributed by atoms with van der Waals surface area (Å²) in [6.45, 7) is 6.83. The molecule has 0 saturated carbocycles. The van der Waals surface area contributed by atoms with Crippen LogP contribution in [0.25, 0.3) is 10.2 Å². The van der Waals surface area contributed by atoms with E-state index in [9.17, 15) is 13.6 Å². The Morgan fingerprint density at radius 1 is 1.29 bits per heavy atom. The number of ether oxygens (including phenoxy) is 1. The number of hydrogen-bond acceptors (Lipinski definition) is 6. The van der Waals surface area contributed by atoms with Gasteiger partial charge >= 0.3 is 0 Å². The van der Waals surface area contributed by atoms with Gasteiger partial charge in [-0.3, -0.25) is 19.3 Å². The van der Waals surface area contributed by atoms with Crippen LogP contribution in [0.4, 0.5) is 13.9 Å². The molecule has 1 amide bonds. The summed E-state index contributed by atoms with van der Waals surface area (Å²) in [5, 5.41) is 4.53. The standard InChI is InChI=1S/C20H23F2N5O2S.ClH/c1-2-27-16(4-5-23-27)19(28)26(7-3-6-25-8-10-29-11-9-25)20-24-18-15(22)12-14(21)13-17(18)30-20;/h4-5,12-13H,2-3,6-11H2,1H3;1H. The highest BCUT2D eigenvalue weighted by atomic mass is 35.5. The molecule has 11 heteroatoms. The maximum Gasteiger partial charge on any atom is 0.278 e. The first-order valence-corrected chi connectivity index (χ1v) is 10.8. The molecule has 1 aromatic carbocycles. The number of carbonyl (C=O) groups is 1. The summed E-state index contributed by atoms with van der Waals surface area (Å²) in [7, 11) is 0. The van der Waals surface area contributed by atoms with E-state index in [1.807, 2.05) is 6.92 Å². The van der Waals surface area contributed by atoms with E-state index in [1.54, 1.807) is 21.8 Å². The Hall–Kier alpha value is -2.14. The number of amides is 1. The second-order valence-electron chi connectivity index (χ2n) is 7.03. The van der Waals surface area contributed by atoms with Gasteiger partial charge in [-0.15, -0.1) is 12.4 Å². The molecular weight excluding hydrogens is 448 g/mol. The molecule has 1 fully saturated rings. The van der Waals surface area contributed by atoms with E-state index in [0.29, 0.717) is 41.8 Å². The fourth-order valence-corrected chi connectivity index (χ4v) is 4.56. The summed E-state index contributed by atoms with van der Waals surface area (Å²) in [6, 6.07) is 3.71. The fourth-order valence-electron chi connectivity index (χ4n) is 3.53. The average molecular weight is 472 g/mol. The van der Waals surface area contributed by atoms with Crippen LogP contribution in [-0.4, -0.2) is 65.0 Å². The molecule has 7 nitrogen and oxygen atoms in total. The number of morpholine rings is 1. The van der Waals surface area contributed by atoms with E-state index >= 15 is 0 Å². The Morgan fingerprint density at radius 2 is 2.06 bits per heavy atom. The highest BCUT2D eigenvalue weighted by Gasteiger charge is 2.25. The van der Waals surface area contributed by atoms with Gasteiger partial charge in [0.2, 0.25) is 0 Å². The first-order valence-electron chi connectivity index (χ1n) is 9.96. The van der Waals surface area contributed by atoms with E-state index < -0.39 is 11.6 Å². The van der Waals surface area contributed by atoms with Crippen molar-refractivity contribution in [2.24, 2.45) is 0 Å². The summed E-state index contributed by atoms with van der Waals surface area (Å²) in [5.41, 5.74) is 0.515. The molecule has 3 heterocycles. The normalized spacial score (nSPS) is 14.5. The van der Waals surface area contributed by atoms with Crippen LogP contribution in [0.3, 0.4) is 0 Å². The zero-order valence-corrected chi connectivity index (χ0v) is 18.7. The summed E-state index contributed by atoms with van der Waals surface area (Å²) >= 11 is 1.11. The van der Waals surface area contributed by atoms with Gasteiger partial charge in [-0.2, -0.15) is 5.10 Å². The molecule has 1 aliphatic rings. The number of rotatable bonds is 7. The molecule has 0 aliphatic carbocycles. The molecule has 1 saturated heterocycles. The summed E-state index contributed by atoms with van der Waals surface area (Å²) < 4.78 is 35.2. The topological polar surface area (TPSA) is 63.5 Å². The van der Waals surface area contributed by atoms with Gasteiger partial charge in [0, 0.05) is 45.0 Å². The van der Waals surface area contributed by atoms with Crippen molar-refractivity contribution in [1.29, 1.82) is 0 Å². The zero-order valence-electron chi connectivity index (χ0n) is 17.1. The Balaban J connectivity index is 0.00000272. The minimum atomic E-state index is -0.730. The van der Waals surface area contributed by atoms with Crippen molar-refractivity contribution in [3.8, 4) is 0 Å². The molecule has 0 N–H and O–H groups in total. The number of thiazole rings is 1. The van der Waals surface area contributed by atoms with Crippen molar-refractivity contribution >= 4 is 45.0 Å². The Bertz CT molecular complexity index is 1040. The van der Waals surface area contributed by atoms with Crippen molar-refractivity contribution in [2.75, 3.05) is 44.3 Å². The van der Waals surface area contributed by atoms with Gasteiger partial charge in [-0.1, -0.05) is 11.3 Å². The zero-order chi connectivity index (χ0) is 21.1. The molecule has 1 aliphatic heterocycles. The third kappa shape index (κ3) is 5.20. The Kier molecular flexibility index (Phi) is 7.93. The smallest absolute Gasteiger partial charge is 0.278 e. The van der Waals surface area contributed by atoms with Crippen LogP contribution < -0.4 is 4.90 Å². The van der Waals surface area contributed by atoms with E-state index in [-0.39, 0.29) is 23.8 Å². The highest BCUT2D eigenvalue weighted by Crippen LogP contribution is 2.32. The first kappa shape index (κ1) is 23.5. The lowest BCUT2D eigenvalue weighted by molar-refractivity contribution is 0.0376. The van der Waals surface area contributed by atoms with Crippen molar-refractivity contribution in [3.05, 3.63) is 41.7 Å². The number of aryl methyl sites for hydroxylation is 1. The lowest BCUT2D eigenvalue weighted by atomic mass is 10.3. The van der Waals surface area contributed by atoms with Gasteiger partial charge in [0.05, 0.1) is 17.9 Å². The largest absolute Gasteiger partial charge is 0.379 e. The monoisotopic (exact) mass is 471 g/mol. The van der Waals surface area contributed by atoms with E-state index in [0.717, 1.165) is 43.5 Å². The number of halogens is 3. The van der Waals surface area contributed by atoms with E-state index in [2.05, 4.69) is 15.0 Å². The lowest BCUT2D eigenvalue weighted by Gasteiger charge is -2.27.